The zero-order chi connectivity index (χ0) is 25.8. The number of rotatable bonds is 1. The SMILES string of the molecule is O=C(c1ncc(F)cc1F)N1CCC2(CC1)Cc1cn(nn1)CCCOc1ccc(cc1)CCNC2=O. The number of amides is 2. The van der Waals surface area contributed by atoms with Gasteiger partial charge in [0.15, 0.2) is 11.5 Å². The molecular formula is C26H28F2N6O3. The normalized spacial score (nSPS) is 18.2. The van der Waals surface area contributed by atoms with Crippen molar-refractivity contribution in [3.8, 4) is 5.75 Å². The Bertz CT molecular complexity index is 1270. The fourth-order valence-corrected chi connectivity index (χ4v) is 4.90. The second kappa shape index (κ2) is 10.6. The van der Waals surface area contributed by atoms with E-state index in [4.69, 9.17) is 4.74 Å². The number of benzene rings is 1. The first-order valence-electron chi connectivity index (χ1n) is 12.4. The maximum atomic E-state index is 14.2. The average molecular weight is 511 g/mol. The minimum Gasteiger partial charge on any atom is -0.494 e. The Balaban J connectivity index is 1.34. The maximum Gasteiger partial charge on any atom is 0.275 e. The van der Waals surface area contributed by atoms with Gasteiger partial charge in [-0.25, -0.2) is 13.8 Å². The first-order chi connectivity index (χ1) is 17.9. The number of halogens is 2. The van der Waals surface area contributed by atoms with Gasteiger partial charge in [-0.2, -0.15) is 0 Å². The van der Waals surface area contributed by atoms with Crippen molar-refractivity contribution in [2.75, 3.05) is 26.2 Å². The first-order valence-corrected chi connectivity index (χ1v) is 12.4. The summed E-state index contributed by atoms with van der Waals surface area (Å²) in [7, 11) is 0. The fourth-order valence-electron chi connectivity index (χ4n) is 4.90. The number of pyridine rings is 1. The lowest BCUT2D eigenvalue weighted by molar-refractivity contribution is -0.133. The number of nitrogens with zero attached hydrogens (tertiary/aromatic N) is 5. The highest BCUT2D eigenvalue weighted by Gasteiger charge is 2.43. The summed E-state index contributed by atoms with van der Waals surface area (Å²) in [4.78, 5) is 31.5. The van der Waals surface area contributed by atoms with E-state index >= 15 is 0 Å². The summed E-state index contributed by atoms with van der Waals surface area (Å²) >= 11 is 0. The third-order valence-corrected chi connectivity index (χ3v) is 7.03. The number of piperidine rings is 1. The number of aryl methyl sites for hydroxylation is 1. The fraction of sp³-hybridized carbons (Fsp3) is 0.423. The molecule has 5 heterocycles. The summed E-state index contributed by atoms with van der Waals surface area (Å²) in [5, 5.41) is 11.6. The Morgan fingerprint density at radius 1 is 1.11 bits per heavy atom. The molecule has 4 bridgehead atoms. The molecule has 3 aromatic rings. The van der Waals surface area contributed by atoms with Crippen molar-refractivity contribution in [3.63, 3.8) is 0 Å². The van der Waals surface area contributed by atoms with Crippen molar-refractivity contribution >= 4 is 11.8 Å². The van der Waals surface area contributed by atoms with Crippen LogP contribution in [0, 0.1) is 17.0 Å². The highest BCUT2D eigenvalue weighted by molar-refractivity contribution is 5.93. The van der Waals surface area contributed by atoms with Crippen LogP contribution in [0.3, 0.4) is 0 Å². The van der Waals surface area contributed by atoms with Crippen molar-refractivity contribution in [1.29, 1.82) is 0 Å². The summed E-state index contributed by atoms with van der Waals surface area (Å²) in [5.74, 6) is -1.77. The Morgan fingerprint density at radius 3 is 2.65 bits per heavy atom. The lowest BCUT2D eigenvalue weighted by atomic mass is 9.74. The predicted octanol–water partition coefficient (Wildman–Crippen LogP) is 2.56. The van der Waals surface area contributed by atoms with E-state index in [9.17, 15) is 18.4 Å². The van der Waals surface area contributed by atoms with Crippen LogP contribution >= 0.6 is 0 Å². The molecule has 1 aromatic carbocycles. The largest absolute Gasteiger partial charge is 0.494 e. The number of likely N-dealkylation sites (tertiary alicyclic amines) is 1. The van der Waals surface area contributed by atoms with Crippen LogP contribution in [0.4, 0.5) is 8.78 Å². The molecule has 2 amide bonds. The van der Waals surface area contributed by atoms with E-state index in [1.54, 1.807) is 4.68 Å². The molecule has 0 atom stereocenters. The number of carbonyl (C=O) groups is 2. The Hall–Kier alpha value is -3.89. The topological polar surface area (TPSA) is 102 Å². The summed E-state index contributed by atoms with van der Waals surface area (Å²) < 4.78 is 34.9. The summed E-state index contributed by atoms with van der Waals surface area (Å²) in [5.41, 5.74) is 0.557. The molecule has 194 valence electrons. The van der Waals surface area contributed by atoms with Gasteiger partial charge >= 0.3 is 0 Å². The minimum absolute atomic E-state index is 0.107. The van der Waals surface area contributed by atoms with Crippen LogP contribution in [0.25, 0.3) is 0 Å². The quantitative estimate of drug-likeness (QED) is 0.540. The molecule has 2 aromatic heterocycles. The molecule has 0 radical (unpaired) electrons. The molecule has 3 aliphatic rings. The summed E-state index contributed by atoms with van der Waals surface area (Å²) in [6.07, 6.45) is 5.18. The monoisotopic (exact) mass is 510 g/mol. The number of carbonyl (C=O) groups excluding carboxylic acids is 2. The Morgan fingerprint density at radius 2 is 1.89 bits per heavy atom. The third-order valence-electron chi connectivity index (χ3n) is 7.03. The van der Waals surface area contributed by atoms with Gasteiger partial charge in [-0.05, 0) is 37.0 Å². The molecular weight excluding hydrogens is 482 g/mol. The van der Waals surface area contributed by atoms with Crippen LogP contribution in [0.1, 0.15) is 41.0 Å². The van der Waals surface area contributed by atoms with Gasteiger partial charge in [0.1, 0.15) is 11.6 Å². The van der Waals surface area contributed by atoms with Crippen LogP contribution in [-0.2, 0) is 24.2 Å². The van der Waals surface area contributed by atoms with Crippen molar-refractivity contribution < 1.29 is 23.1 Å². The number of fused-ring (bicyclic) bond motifs is 8. The molecule has 37 heavy (non-hydrogen) atoms. The molecule has 11 heteroatoms. The van der Waals surface area contributed by atoms with E-state index in [-0.39, 0.29) is 19.0 Å². The minimum atomic E-state index is -1.00. The van der Waals surface area contributed by atoms with E-state index in [1.165, 1.54) is 4.90 Å². The van der Waals surface area contributed by atoms with Crippen LogP contribution in [-0.4, -0.2) is 62.9 Å². The van der Waals surface area contributed by atoms with Gasteiger partial charge in [-0.1, -0.05) is 17.3 Å². The molecule has 6 rings (SSSR count). The molecule has 9 nitrogen and oxygen atoms in total. The molecule has 0 unspecified atom stereocenters. The molecule has 1 N–H and O–H groups in total. The highest BCUT2D eigenvalue weighted by atomic mass is 19.1. The maximum absolute atomic E-state index is 14.2. The van der Waals surface area contributed by atoms with E-state index in [0.29, 0.717) is 57.1 Å². The van der Waals surface area contributed by atoms with Crippen molar-refractivity contribution in [3.05, 3.63) is 71.3 Å². The number of nitrogens with one attached hydrogen (secondary N) is 1. The zero-order valence-corrected chi connectivity index (χ0v) is 20.3. The van der Waals surface area contributed by atoms with E-state index in [0.717, 1.165) is 23.9 Å². The first kappa shape index (κ1) is 24.8. The Labute approximate surface area is 212 Å². The number of hydrogen-bond acceptors (Lipinski definition) is 6. The lowest BCUT2D eigenvalue weighted by Gasteiger charge is -2.40. The van der Waals surface area contributed by atoms with Crippen molar-refractivity contribution in [1.82, 2.24) is 30.2 Å². The second-order valence-corrected chi connectivity index (χ2v) is 9.56. The van der Waals surface area contributed by atoms with Gasteiger partial charge in [-0.15, -0.1) is 5.10 Å². The molecule has 1 spiro atoms. The van der Waals surface area contributed by atoms with Crippen LogP contribution < -0.4 is 10.1 Å². The van der Waals surface area contributed by atoms with Crippen molar-refractivity contribution in [2.45, 2.75) is 38.6 Å². The lowest BCUT2D eigenvalue weighted by Crippen LogP contribution is -2.51. The van der Waals surface area contributed by atoms with Crippen LogP contribution in [0.15, 0.2) is 42.7 Å². The highest BCUT2D eigenvalue weighted by Crippen LogP contribution is 2.36. The van der Waals surface area contributed by atoms with E-state index < -0.39 is 28.7 Å². The second-order valence-electron chi connectivity index (χ2n) is 9.56. The molecule has 0 saturated carbocycles. The van der Waals surface area contributed by atoms with Crippen LogP contribution in [0.2, 0.25) is 0 Å². The van der Waals surface area contributed by atoms with Gasteiger partial charge in [-0.3, -0.25) is 14.3 Å². The molecule has 1 saturated heterocycles. The van der Waals surface area contributed by atoms with Gasteiger partial charge in [0.25, 0.3) is 5.91 Å². The molecule has 1 fully saturated rings. The zero-order valence-electron chi connectivity index (χ0n) is 20.3. The molecule has 3 aliphatic heterocycles. The van der Waals surface area contributed by atoms with Crippen molar-refractivity contribution in [2.24, 2.45) is 5.41 Å². The smallest absolute Gasteiger partial charge is 0.275 e. The van der Waals surface area contributed by atoms with E-state index in [2.05, 4.69) is 20.6 Å². The standard InChI is InChI=1S/C26H28F2N6O3/c27-19-14-22(28)23(30-16-19)24(35)33-11-7-26(8-12-33)15-20-17-34(32-31-20)10-1-13-37-21-4-2-18(3-5-21)6-9-29-25(26)36/h2-5,14,16-17H,1,6-13,15H2,(H,29,36). The average Bonchev–Trinajstić information content (AvgIpc) is 3.34. The summed E-state index contributed by atoms with van der Waals surface area (Å²) in [6.45, 7) is 2.10. The Kier molecular flexibility index (Phi) is 7.11. The predicted molar refractivity (Wildman–Crippen MR) is 129 cm³/mol. The third kappa shape index (κ3) is 5.60. The number of ether oxygens (including phenoxy) is 1. The van der Waals surface area contributed by atoms with E-state index in [1.807, 2.05) is 30.5 Å². The number of hydrogen-bond donors (Lipinski definition) is 1. The van der Waals surface area contributed by atoms with Gasteiger partial charge < -0.3 is 15.0 Å². The van der Waals surface area contributed by atoms with Gasteiger partial charge in [0.2, 0.25) is 5.91 Å². The number of aromatic nitrogens is 4. The van der Waals surface area contributed by atoms with Crippen LogP contribution in [0.5, 0.6) is 5.75 Å². The molecule has 0 aliphatic carbocycles. The van der Waals surface area contributed by atoms with Gasteiger partial charge in [0.05, 0.1) is 23.9 Å². The summed E-state index contributed by atoms with van der Waals surface area (Å²) in [6, 6.07) is 8.48. The van der Waals surface area contributed by atoms with Gasteiger partial charge in [0, 0.05) is 51.3 Å².